The first kappa shape index (κ1) is 13.3. The van der Waals surface area contributed by atoms with Gasteiger partial charge in [0.1, 0.15) is 17.7 Å². The van der Waals surface area contributed by atoms with Crippen LogP contribution in [0.1, 0.15) is 27.7 Å². The molecule has 2 saturated heterocycles. The molecule has 0 aliphatic carbocycles. The summed E-state index contributed by atoms with van der Waals surface area (Å²) in [5, 5.41) is 4.38. The largest absolute Gasteiger partial charge is 0.326 e. The molecule has 0 aromatic heterocycles. The summed E-state index contributed by atoms with van der Waals surface area (Å²) in [7, 11) is 0. The highest BCUT2D eigenvalue weighted by Gasteiger charge is 2.51. The Morgan fingerprint density at radius 1 is 0.789 bits per heavy atom. The lowest BCUT2D eigenvalue weighted by molar-refractivity contribution is -0.127. The van der Waals surface area contributed by atoms with Crippen molar-refractivity contribution in [2.24, 2.45) is 0 Å². The Bertz CT molecular complexity index is 453. The van der Waals surface area contributed by atoms with Gasteiger partial charge in [0.15, 0.2) is 0 Å². The molecule has 2 aliphatic rings. The van der Waals surface area contributed by atoms with Crippen LogP contribution in [0.2, 0.25) is 0 Å². The molecule has 2 heterocycles. The van der Waals surface area contributed by atoms with Gasteiger partial charge < -0.3 is 0 Å². The van der Waals surface area contributed by atoms with Crippen molar-refractivity contribution in [2.75, 3.05) is 6.67 Å². The van der Waals surface area contributed by atoms with Crippen molar-refractivity contribution in [1.82, 2.24) is 20.4 Å². The summed E-state index contributed by atoms with van der Waals surface area (Å²) >= 11 is 0. The molecule has 0 unspecified atom stereocenters. The number of rotatable bonds is 2. The van der Waals surface area contributed by atoms with E-state index in [1.807, 2.05) is 0 Å². The van der Waals surface area contributed by atoms with Crippen LogP contribution in [-0.2, 0) is 9.59 Å². The van der Waals surface area contributed by atoms with Crippen LogP contribution in [0.25, 0.3) is 0 Å². The van der Waals surface area contributed by atoms with Crippen LogP contribution in [0.15, 0.2) is 0 Å². The predicted molar refractivity (Wildman–Crippen MR) is 63.8 cm³/mol. The molecule has 2 fully saturated rings. The Morgan fingerprint density at radius 2 is 1.11 bits per heavy atom. The minimum Gasteiger partial charge on any atom is -0.292 e. The normalized spacial score (nSPS) is 24.8. The number of amides is 6. The lowest BCUT2D eigenvalue weighted by Gasteiger charge is -2.35. The van der Waals surface area contributed by atoms with Gasteiger partial charge >= 0.3 is 12.1 Å². The van der Waals surface area contributed by atoms with Crippen molar-refractivity contribution in [3.63, 3.8) is 0 Å². The maximum absolute atomic E-state index is 11.7. The lowest BCUT2D eigenvalue weighted by atomic mass is 10.0. The van der Waals surface area contributed by atoms with Gasteiger partial charge in [-0.3, -0.25) is 30.0 Å². The molecule has 2 rings (SSSR count). The summed E-state index contributed by atoms with van der Waals surface area (Å²) in [5.74, 6) is -0.859. The summed E-state index contributed by atoms with van der Waals surface area (Å²) in [6.07, 6.45) is 0. The number of nitrogens with zero attached hydrogens (tertiary/aromatic N) is 2. The van der Waals surface area contributed by atoms with Crippen molar-refractivity contribution >= 4 is 23.9 Å². The molecule has 8 heteroatoms. The maximum Gasteiger partial charge on any atom is 0.326 e. The predicted octanol–water partition coefficient (Wildman–Crippen LogP) is -0.395. The number of nitrogens with one attached hydrogen (secondary N) is 2. The summed E-state index contributed by atoms with van der Waals surface area (Å²) < 4.78 is 0. The first-order valence-electron chi connectivity index (χ1n) is 5.84. The van der Waals surface area contributed by atoms with E-state index >= 15 is 0 Å². The Hall–Kier alpha value is -2.12. The molecule has 0 aromatic carbocycles. The Labute approximate surface area is 110 Å². The quantitative estimate of drug-likeness (QED) is 0.666. The number of urea groups is 2. The van der Waals surface area contributed by atoms with Crippen LogP contribution in [-0.4, -0.2) is 51.4 Å². The number of carbonyl (C=O) groups excluding carboxylic acids is 4. The molecule has 0 bridgehead atoms. The van der Waals surface area contributed by atoms with E-state index in [0.29, 0.717) is 0 Å². The molecule has 2 N–H and O–H groups in total. The zero-order chi connectivity index (χ0) is 14.6. The highest BCUT2D eigenvalue weighted by atomic mass is 16.2. The summed E-state index contributed by atoms with van der Waals surface area (Å²) in [4.78, 5) is 49.2. The van der Waals surface area contributed by atoms with Gasteiger partial charge in [-0.15, -0.1) is 0 Å². The minimum atomic E-state index is -1.06. The Balaban J connectivity index is 2.27. The third kappa shape index (κ3) is 1.74. The van der Waals surface area contributed by atoms with Crippen LogP contribution in [0.5, 0.6) is 0 Å². The van der Waals surface area contributed by atoms with E-state index < -0.39 is 35.0 Å². The standard InChI is InChI=1S/C11H16N4O4/c1-10(2)6(16)12-8(18)14(10)5-15-9(19)13-7(17)11(15,3)4/h5H2,1-4H3,(H,12,16,18)(H,13,17,19). The summed E-state index contributed by atoms with van der Waals surface area (Å²) in [6, 6.07) is -1.14. The van der Waals surface area contributed by atoms with Crippen LogP contribution in [0, 0.1) is 0 Å². The fourth-order valence-electron chi connectivity index (χ4n) is 2.01. The van der Waals surface area contributed by atoms with E-state index in [2.05, 4.69) is 10.6 Å². The van der Waals surface area contributed by atoms with Crippen molar-refractivity contribution in [3.05, 3.63) is 0 Å². The van der Waals surface area contributed by atoms with Gasteiger partial charge in [0.2, 0.25) is 0 Å². The molecule has 0 radical (unpaired) electrons. The zero-order valence-corrected chi connectivity index (χ0v) is 11.2. The maximum atomic E-state index is 11.7. The third-order valence-electron chi connectivity index (χ3n) is 3.67. The van der Waals surface area contributed by atoms with Gasteiger partial charge in [-0.1, -0.05) is 0 Å². The smallest absolute Gasteiger partial charge is 0.292 e. The van der Waals surface area contributed by atoms with E-state index in [0.717, 1.165) is 0 Å². The van der Waals surface area contributed by atoms with Gasteiger partial charge in [-0.2, -0.15) is 0 Å². The first-order valence-corrected chi connectivity index (χ1v) is 5.84. The van der Waals surface area contributed by atoms with Gasteiger partial charge in [-0.25, -0.2) is 9.59 Å². The highest BCUT2D eigenvalue weighted by Crippen LogP contribution is 2.26. The van der Waals surface area contributed by atoms with Crippen LogP contribution < -0.4 is 10.6 Å². The average molecular weight is 268 g/mol. The topological polar surface area (TPSA) is 98.8 Å². The third-order valence-corrected chi connectivity index (χ3v) is 3.67. The Morgan fingerprint density at radius 3 is 1.32 bits per heavy atom. The molecule has 0 atom stereocenters. The fraction of sp³-hybridized carbons (Fsp3) is 0.636. The lowest BCUT2D eigenvalue weighted by Crippen LogP contribution is -2.55. The zero-order valence-electron chi connectivity index (χ0n) is 11.2. The second-order valence-corrected chi connectivity index (χ2v) is 5.63. The van der Waals surface area contributed by atoms with Crippen molar-refractivity contribution in [3.8, 4) is 0 Å². The molecule has 0 aromatic rings. The molecule has 19 heavy (non-hydrogen) atoms. The van der Waals surface area contributed by atoms with Gasteiger partial charge in [0, 0.05) is 0 Å². The second kappa shape index (κ2) is 3.69. The van der Waals surface area contributed by atoms with Gasteiger partial charge in [0.05, 0.1) is 0 Å². The average Bonchev–Trinajstić information content (AvgIpc) is 2.56. The van der Waals surface area contributed by atoms with Crippen LogP contribution in [0.4, 0.5) is 9.59 Å². The number of hydrogen-bond donors (Lipinski definition) is 2. The number of hydrogen-bond acceptors (Lipinski definition) is 4. The van der Waals surface area contributed by atoms with E-state index in [4.69, 9.17) is 0 Å². The molecule has 0 spiro atoms. The van der Waals surface area contributed by atoms with E-state index in [9.17, 15) is 19.2 Å². The second-order valence-electron chi connectivity index (χ2n) is 5.63. The summed E-state index contributed by atoms with van der Waals surface area (Å²) in [5.41, 5.74) is -2.11. The molecule has 2 aliphatic heterocycles. The molecular weight excluding hydrogens is 252 g/mol. The molecule has 6 amide bonds. The molecular formula is C11H16N4O4. The highest BCUT2D eigenvalue weighted by molar-refractivity contribution is 6.08. The first-order chi connectivity index (χ1) is 8.58. The van der Waals surface area contributed by atoms with Crippen molar-refractivity contribution < 1.29 is 19.2 Å². The monoisotopic (exact) mass is 268 g/mol. The molecule has 0 saturated carbocycles. The fourth-order valence-corrected chi connectivity index (χ4v) is 2.01. The number of carbonyl (C=O) groups is 4. The molecule has 8 nitrogen and oxygen atoms in total. The minimum absolute atomic E-state index is 0.130. The van der Waals surface area contributed by atoms with Crippen molar-refractivity contribution in [2.45, 2.75) is 38.8 Å². The Kier molecular flexibility index (Phi) is 2.58. The number of imide groups is 2. The van der Waals surface area contributed by atoms with E-state index in [1.54, 1.807) is 27.7 Å². The van der Waals surface area contributed by atoms with Crippen LogP contribution >= 0.6 is 0 Å². The van der Waals surface area contributed by atoms with Gasteiger partial charge in [0.25, 0.3) is 11.8 Å². The van der Waals surface area contributed by atoms with Gasteiger partial charge in [-0.05, 0) is 27.7 Å². The van der Waals surface area contributed by atoms with Crippen LogP contribution in [0.3, 0.4) is 0 Å². The summed E-state index contributed by atoms with van der Waals surface area (Å²) in [6.45, 7) is 6.19. The van der Waals surface area contributed by atoms with E-state index in [-0.39, 0.29) is 6.67 Å². The molecule has 104 valence electrons. The van der Waals surface area contributed by atoms with E-state index in [1.165, 1.54) is 9.80 Å². The SMILES string of the molecule is CC1(C)C(=O)NC(=O)N1CN1C(=O)NC(=O)C1(C)C. The van der Waals surface area contributed by atoms with Crippen molar-refractivity contribution in [1.29, 1.82) is 0 Å².